The molecule has 0 fully saturated rings. The summed E-state index contributed by atoms with van der Waals surface area (Å²) in [7, 11) is 0. The van der Waals surface area contributed by atoms with Crippen LogP contribution in [-0.4, -0.2) is 57.3 Å². The van der Waals surface area contributed by atoms with Crippen LogP contribution in [-0.2, 0) is 4.79 Å². The second-order valence-electron chi connectivity index (χ2n) is 23.5. The van der Waals surface area contributed by atoms with E-state index in [-0.39, 0.29) is 0 Å². The maximum absolute atomic E-state index is 12.7. The maximum Gasteiger partial charge on any atom is 0.249 e. The Kier molecular flexibility index (Phi) is 60.6. The molecule has 6 nitrogen and oxygen atoms in total. The quantitative estimate of drug-likeness (QED) is 0.0390. The Morgan fingerprint density at radius 3 is 0.667 bits per heavy atom. The van der Waals surface area contributed by atoms with Crippen molar-refractivity contribution in [1.29, 1.82) is 0 Å². The summed E-state index contributed by atoms with van der Waals surface area (Å²) in [4.78, 5) is 12.7. The Labute approximate surface area is 451 Å². The van der Waals surface area contributed by atoms with E-state index in [1.54, 1.807) is 0 Å². The van der Waals surface area contributed by atoms with Crippen molar-refractivity contribution in [3.63, 3.8) is 0 Å². The van der Waals surface area contributed by atoms with Gasteiger partial charge in [-0.1, -0.05) is 373 Å². The standard InChI is InChI=1S/C66H133NO5/c1-3-5-7-9-11-13-15-17-19-21-23-25-27-29-31-32-34-36-38-40-42-44-46-48-50-52-54-56-58-60-64(70)66(72)67-62(61-68)65(71)63(69)59-57-55-53-51-49-47-45-43-41-39-37-35-33-30-28-26-24-22-20-18-16-14-12-10-8-6-4-2/h62-65,68-71H,3-61H2,1-2H3,(H,67,72). The van der Waals surface area contributed by atoms with E-state index in [2.05, 4.69) is 19.2 Å². The van der Waals surface area contributed by atoms with Gasteiger partial charge in [-0.2, -0.15) is 0 Å². The summed E-state index contributed by atoms with van der Waals surface area (Å²) in [6.07, 6.45) is 73.6. The first-order valence-corrected chi connectivity index (χ1v) is 33.4. The Bertz CT molecular complexity index is 1010. The van der Waals surface area contributed by atoms with Crippen molar-refractivity contribution in [3.8, 4) is 0 Å². The molecule has 4 unspecified atom stereocenters. The fourth-order valence-corrected chi connectivity index (χ4v) is 11.1. The molecular formula is C66H133NO5. The van der Waals surface area contributed by atoms with Crippen molar-refractivity contribution in [3.05, 3.63) is 0 Å². The fourth-order valence-electron chi connectivity index (χ4n) is 11.1. The lowest BCUT2D eigenvalue weighted by Gasteiger charge is -2.27. The first kappa shape index (κ1) is 71.3. The number of carbonyl (C=O) groups is 1. The van der Waals surface area contributed by atoms with Gasteiger partial charge in [0.15, 0.2) is 0 Å². The summed E-state index contributed by atoms with van der Waals surface area (Å²) in [5, 5.41) is 44.2. The molecule has 72 heavy (non-hydrogen) atoms. The number of unbranched alkanes of at least 4 members (excludes halogenated alkanes) is 54. The van der Waals surface area contributed by atoms with E-state index in [0.717, 1.165) is 38.5 Å². The van der Waals surface area contributed by atoms with E-state index in [0.29, 0.717) is 12.8 Å². The Hall–Kier alpha value is -0.690. The normalized spacial score (nSPS) is 13.5. The SMILES string of the molecule is CCCCCCCCCCCCCCCCCCCCCCCCCCCCCCCC(O)C(=O)NC(CO)C(O)C(O)CCCCCCCCCCCCCCCCCCCCCCCCCCCCC. The highest BCUT2D eigenvalue weighted by atomic mass is 16.3. The molecule has 0 radical (unpaired) electrons. The van der Waals surface area contributed by atoms with E-state index in [4.69, 9.17) is 0 Å². The van der Waals surface area contributed by atoms with Crippen molar-refractivity contribution < 1.29 is 25.2 Å². The molecule has 0 bridgehead atoms. The summed E-state index contributed by atoms with van der Waals surface area (Å²) < 4.78 is 0. The Morgan fingerprint density at radius 2 is 0.472 bits per heavy atom. The molecule has 1 amide bonds. The van der Waals surface area contributed by atoms with Gasteiger partial charge in [0.25, 0.3) is 0 Å². The molecule has 432 valence electrons. The first-order valence-electron chi connectivity index (χ1n) is 33.4. The highest BCUT2D eigenvalue weighted by Crippen LogP contribution is 2.20. The van der Waals surface area contributed by atoms with Gasteiger partial charge in [-0.05, 0) is 12.8 Å². The van der Waals surface area contributed by atoms with E-state index >= 15 is 0 Å². The van der Waals surface area contributed by atoms with Crippen LogP contribution in [0.5, 0.6) is 0 Å². The van der Waals surface area contributed by atoms with Crippen LogP contribution < -0.4 is 5.32 Å². The number of hydrogen-bond acceptors (Lipinski definition) is 5. The molecule has 5 N–H and O–H groups in total. The summed E-state index contributed by atoms with van der Waals surface area (Å²) in [5.41, 5.74) is 0. The predicted molar refractivity (Wildman–Crippen MR) is 316 cm³/mol. The van der Waals surface area contributed by atoms with Crippen LogP contribution in [0.4, 0.5) is 0 Å². The van der Waals surface area contributed by atoms with Gasteiger partial charge in [-0.15, -0.1) is 0 Å². The van der Waals surface area contributed by atoms with Crippen LogP contribution in [0, 0.1) is 0 Å². The first-order chi connectivity index (χ1) is 35.5. The minimum Gasteiger partial charge on any atom is -0.394 e. The Balaban J connectivity index is 3.52. The molecule has 0 spiro atoms. The molecule has 0 aromatic heterocycles. The molecule has 0 aromatic carbocycles. The summed E-state index contributed by atoms with van der Waals surface area (Å²) in [6, 6.07) is -0.982. The van der Waals surface area contributed by atoms with Crippen LogP contribution in [0.2, 0.25) is 0 Å². The van der Waals surface area contributed by atoms with E-state index < -0.39 is 36.9 Å². The van der Waals surface area contributed by atoms with E-state index in [1.807, 2.05) is 0 Å². The van der Waals surface area contributed by atoms with Gasteiger partial charge in [0, 0.05) is 0 Å². The van der Waals surface area contributed by atoms with Gasteiger partial charge < -0.3 is 25.7 Å². The van der Waals surface area contributed by atoms with Crippen LogP contribution in [0.1, 0.15) is 386 Å². The van der Waals surface area contributed by atoms with Crippen molar-refractivity contribution in [2.24, 2.45) is 0 Å². The monoisotopic (exact) mass is 1020 g/mol. The largest absolute Gasteiger partial charge is 0.394 e. The molecule has 6 heteroatoms. The lowest BCUT2D eigenvalue weighted by Crippen LogP contribution is -2.53. The maximum atomic E-state index is 12.7. The zero-order chi connectivity index (χ0) is 52.3. The van der Waals surface area contributed by atoms with E-state index in [9.17, 15) is 25.2 Å². The number of carbonyl (C=O) groups excluding carboxylic acids is 1. The molecule has 4 atom stereocenters. The molecule has 0 aliphatic carbocycles. The van der Waals surface area contributed by atoms with Gasteiger partial charge in [-0.3, -0.25) is 4.79 Å². The minimum atomic E-state index is -1.26. The van der Waals surface area contributed by atoms with Gasteiger partial charge >= 0.3 is 0 Å². The lowest BCUT2D eigenvalue weighted by atomic mass is 9.99. The molecule has 0 heterocycles. The second-order valence-corrected chi connectivity index (χ2v) is 23.5. The number of aliphatic hydroxyl groups excluding tert-OH is 4. The van der Waals surface area contributed by atoms with E-state index in [1.165, 1.54) is 321 Å². The number of amides is 1. The van der Waals surface area contributed by atoms with Gasteiger partial charge in [-0.25, -0.2) is 0 Å². The average molecular weight is 1020 g/mol. The zero-order valence-electron chi connectivity index (χ0n) is 49.2. The van der Waals surface area contributed by atoms with Crippen molar-refractivity contribution in [1.82, 2.24) is 5.32 Å². The molecule has 0 aliphatic rings. The van der Waals surface area contributed by atoms with Crippen molar-refractivity contribution in [2.45, 2.75) is 411 Å². The van der Waals surface area contributed by atoms with Crippen molar-refractivity contribution in [2.75, 3.05) is 6.61 Å². The highest BCUT2D eigenvalue weighted by molar-refractivity contribution is 5.80. The van der Waals surface area contributed by atoms with Crippen molar-refractivity contribution >= 4 is 5.91 Å². The number of hydrogen-bond donors (Lipinski definition) is 5. The summed E-state index contributed by atoms with van der Waals surface area (Å²) >= 11 is 0. The smallest absolute Gasteiger partial charge is 0.249 e. The van der Waals surface area contributed by atoms with Crippen LogP contribution >= 0.6 is 0 Å². The predicted octanol–water partition coefficient (Wildman–Crippen LogP) is 20.2. The van der Waals surface area contributed by atoms with Gasteiger partial charge in [0.2, 0.25) is 5.91 Å². The van der Waals surface area contributed by atoms with Crippen LogP contribution in [0.3, 0.4) is 0 Å². The van der Waals surface area contributed by atoms with Gasteiger partial charge in [0.05, 0.1) is 18.8 Å². The Morgan fingerprint density at radius 1 is 0.292 bits per heavy atom. The summed E-state index contributed by atoms with van der Waals surface area (Å²) in [6.45, 7) is 4.12. The molecule has 0 aromatic rings. The van der Waals surface area contributed by atoms with Crippen LogP contribution in [0.25, 0.3) is 0 Å². The van der Waals surface area contributed by atoms with Crippen LogP contribution in [0.15, 0.2) is 0 Å². The third-order valence-corrected chi connectivity index (χ3v) is 16.3. The molecule has 0 aliphatic heterocycles. The minimum absolute atomic E-state index is 0.377. The molecular weight excluding hydrogens is 887 g/mol. The second kappa shape index (κ2) is 61.2. The third-order valence-electron chi connectivity index (χ3n) is 16.3. The molecule has 0 rings (SSSR count). The number of aliphatic hydroxyl groups is 4. The molecule has 0 saturated heterocycles. The number of nitrogens with one attached hydrogen (secondary N) is 1. The zero-order valence-corrected chi connectivity index (χ0v) is 49.2. The third kappa shape index (κ3) is 54.1. The highest BCUT2D eigenvalue weighted by Gasteiger charge is 2.28. The lowest BCUT2D eigenvalue weighted by molar-refractivity contribution is -0.132. The topological polar surface area (TPSA) is 110 Å². The summed E-state index contributed by atoms with van der Waals surface area (Å²) in [5.74, 6) is -0.573. The fraction of sp³-hybridized carbons (Fsp3) is 0.985. The number of rotatable bonds is 63. The molecule has 0 saturated carbocycles. The van der Waals surface area contributed by atoms with Gasteiger partial charge in [0.1, 0.15) is 12.2 Å². The average Bonchev–Trinajstić information content (AvgIpc) is 3.39.